The first-order valence-corrected chi connectivity index (χ1v) is 6.54. The second-order valence-corrected chi connectivity index (χ2v) is 5.67. The predicted molar refractivity (Wildman–Crippen MR) is 65.1 cm³/mol. The number of amides is 1. The van der Waals surface area contributed by atoms with Gasteiger partial charge in [0.2, 0.25) is 5.91 Å². The number of rotatable bonds is 3. The molecular formula is C13H21NO4. The summed E-state index contributed by atoms with van der Waals surface area (Å²) in [6, 6.07) is -0.722. The van der Waals surface area contributed by atoms with Crippen LogP contribution in [0.4, 0.5) is 0 Å². The maximum atomic E-state index is 12.6. The van der Waals surface area contributed by atoms with E-state index in [9.17, 15) is 14.7 Å². The van der Waals surface area contributed by atoms with Gasteiger partial charge in [0.1, 0.15) is 6.04 Å². The van der Waals surface area contributed by atoms with Crippen molar-refractivity contribution >= 4 is 11.9 Å². The molecule has 0 aromatic carbocycles. The number of carbonyl (C=O) groups excluding carboxylic acids is 1. The maximum absolute atomic E-state index is 12.6. The molecular weight excluding hydrogens is 234 g/mol. The lowest BCUT2D eigenvalue weighted by Gasteiger charge is -2.31. The van der Waals surface area contributed by atoms with Crippen LogP contribution in [-0.4, -0.2) is 47.7 Å². The van der Waals surface area contributed by atoms with Gasteiger partial charge >= 0.3 is 5.97 Å². The first kappa shape index (κ1) is 13.3. The number of methoxy groups -OCH3 is 1. The lowest BCUT2D eigenvalue weighted by molar-refractivity contribution is -0.152. The van der Waals surface area contributed by atoms with E-state index in [0.717, 1.165) is 25.7 Å². The molecule has 1 aliphatic heterocycles. The molecule has 0 aromatic rings. The van der Waals surface area contributed by atoms with Gasteiger partial charge in [0, 0.05) is 25.5 Å². The summed E-state index contributed by atoms with van der Waals surface area (Å²) < 4.78 is 5.21. The summed E-state index contributed by atoms with van der Waals surface area (Å²) in [5.41, 5.74) is -0.365. The first-order valence-electron chi connectivity index (χ1n) is 6.54. The molecule has 0 bridgehead atoms. The summed E-state index contributed by atoms with van der Waals surface area (Å²) in [5, 5.41) is 9.22. The fourth-order valence-corrected chi connectivity index (χ4v) is 3.14. The highest BCUT2D eigenvalue weighted by molar-refractivity contribution is 5.88. The number of carboxylic acid groups (broad SMARTS) is 1. The number of carbonyl (C=O) groups is 2. The van der Waals surface area contributed by atoms with E-state index in [-0.39, 0.29) is 17.4 Å². The molecule has 1 saturated heterocycles. The SMILES string of the molecule is COC1CC(C(=O)O)N(C(=O)C2(C)CCCC2)C1. The normalized spacial score (nSPS) is 30.7. The fraction of sp³-hybridized carbons (Fsp3) is 0.846. The molecule has 2 unspecified atom stereocenters. The Morgan fingerprint density at radius 2 is 1.94 bits per heavy atom. The Kier molecular flexibility index (Phi) is 3.61. The Morgan fingerprint density at radius 1 is 1.33 bits per heavy atom. The minimum atomic E-state index is -0.926. The van der Waals surface area contributed by atoms with E-state index < -0.39 is 12.0 Å². The second-order valence-electron chi connectivity index (χ2n) is 5.67. The van der Waals surface area contributed by atoms with Gasteiger partial charge in [-0.15, -0.1) is 0 Å². The average molecular weight is 255 g/mol. The molecule has 0 aromatic heterocycles. The number of hydrogen-bond acceptors (Lipinski definition) is 3. The molecule has 2 fully saturated rings. The van der Waals surface area contributed by atoms with E-state index in [4.69, 9.17) is 4.74 Å². The standard InChI is InChI=1S/C13H21NO4/c1-13(5-3-4-6-13)12(17)14-8-9(18-2)7-10(14)11(15)16/h9-10H,3-8H2,1-2H3,(H,15,16). The van der Waals surface area contributed by atoms with Gasteiger partial charge in [-0.25, -0.2) is 4.79 Å². The van der Waals surface area contributed by atoms with Gasteiger partial charge < -0.3 is 14.7 Å². The monoisotopic (exact) mass is 255 g/mol. The molecule has 0 radical (unpaired) electrons. The molecule has 102 valence electrons. The van der Waals surface area contributed by atoms with E-state index >= 15 is 0 Å². The molecule has 1 saturated carbocycles. The van der Waals surface area contributed by atoms with Crippen molar-refractivity contribution < 1.29 is 19.4 Å². The van der Waals surface area contributed by atoms with Crippen molar-refractivity contribution in [2.75, 3.05) is 13.7 Å². The molecule has 1 amide bonds. The summed E-state index contributed by atoms with van der Waals surface area (Å²) in [4.78, 5) is 25.3. The van der Waals surface area contributed by atoms with Crippen molar-refractivity contribution in [2.24, 2.45) is 5.41 Å². The molecule has 5 heteroatoms. The third-order valence-electron chi connectivity index (χ3n) is 4.37. The molecule has 18 heavy (non-hydrogen) atoms. The van der Waals surface area contributed by atoms with Crippen LogP contribution in [0.5, 0.6) is 0 Å². The quantitative estimate of drug-likeness (QED) is 0.824. The molecule has 0 spiro atoms. The van der Waals surface area contributed by atoms with Crippen molar-refractivity contribution in [3.05, 3.63) is 0 Å². The number of hydrogen-bond donors (Lipinski definition) is 1. The van der Waals surface area contributed by atoms with E-state index in [1.165, 1.54) is 4.90 Å². The zero-order valence-electron chi connectivity index (χ0n) is 11.0. The first-order chi connectivity index (χ1) is 8.48. The van der Waals surface area contributed by atoms with Crippen LogP contribution in [0.25, 0.3) is 0 Å². The number of aliphatic carboxylic acids is 1. The summed E-state index contributed by atoms with van der Waals surface area (Å²) in [5.74, 6) is -0.934. The second kappa shape index (κ2) is 4.88. The molecule has 2 rings (SSSR count). The van der Waals surface area contributed by atoms with Gasteiger partial charge in [0.05, 0.1) is 6.10 Å². The van der Waals surface area contributed by atoms with Crippen LogP contribution < -0.4 is 0 Å². The molecule has 1 aliphatic carbocycles. The van der Waals surface area contributed by atoms with Gasteiger partial charge in [-0.1, -0.05) is 19.8 Å². The summed E-state index contributed by atoms with van der Waals surface area (Å²) in [6.07, 6.45) is 4.09. The topological polar surface area (TPSA) is 66.8 Å². The highest BCUT2D eigenvalue weighted by Gasteiger charge is 2.46. The van der Waals surface area contributed by atoms with Gasteiger partial charge in [0.25, 0.3) is 0 Å². The molecule has 1 heterocycles. The lowest BCUT2D eigenvalue weighted by atomic mass is 9.87. The predicted octanol–water partition coefficient (Wildman–Crippen LogP) is 1.27. The van der Waals surface area contributed by atoms with Crippen LogP contribution >= 0.6 is 0 Å². The fourth-order valence-electron chi connectivity index (χ4n) is 3.14. The third-order valence-corrected chi connectivity index (χ3v) is 4.37. The zero-order valence-corrected chi connectivity index (χ0v) is 11.0. The summed E-state index contributed by atoms with van der Waals surface area (Å²) in [7, 11) is 1.56. The van der Waals surface area contributed by atoms with Gasteiger partial charge in [-0.05, 0) is 12.8 Å². The largest absolute Gasteiger partial charge is 0.480 e. The van der Waals surface area contributed by atoms with E-state index in [0.29, 0.717) is 13.0 Å². The lowest BCUT2D eigenvalue weighted by Crippen LogP contribution is -2.47. The highest BCUT2D eigenvalue weighted by atomic mass is 16.5. The number of likely N-dealkylation sites (tertiary alicyclic amines) is 1. The van der Waals surface area contributed by atoms with Gasteiger partial charge in [-0.2, -0.15) is 0 Å². The van der Waals surface area contributed by atoms with Crippen molar-refractivity contribution in [1.82, 2.24) is 4.90 Å². The zero-order chi connectivity index (χ0) is 13.3. The molecule has 2 aliphatic rings. The summed E-state index contributed by atoms with van der Waals surface area (Å²) in [6.45, 7) is 2.36. The van der Waals surface area contributed by atoms with Crippen LogP contribution in [0.2, 0.25) is 0 Å². The van der Waals surface area contributed by atoms with E-state index in [1.807, 2.05) is 6.92 Å². The molecule has 1 N–H and O–H groups in total. The third kappa shape index (κ3) is 2.23. The van der Waals surface area contributed by atoms with Gasteiger partial charge in [-0.3, -0.25) is 4.79 Å². The summed E-state index contributed by atoms with van der Waals surface area (Å²) >= 11 is 0. The number of carboxylic acids is 1. The molecule has 5 nitrogen and oxygen atoms in total. The molecule has 2 atom stereocenters. The Labute approximate surface area is 107 Å². The Balaban J connectivity index is 2.15. The Morgan fingerprint density at radius 3 is 2.44 bits per heavy atom. The smallest absolute Gasteiger partial charge is 0.326 e. The van der Waals surface area contributed by atoms with Crippen molar-refractivity contribution in [3.8, 4) is 0 Å². The highest BCUT2D eigenvalue weighted by Crippen LogP contribution is 2.40. The number of nitrogens with zero attached hydrogens (tertiary/aromatic N) is 1. The van der Waals surface area contributed by atoms with Crippen LogP contribution in [-0.2, 0) is 14.3 Å². The van der Waals surface area contributed by atoms with Crippen molar-refractivity contribution in [2.45, 2.75) is 51.2 Å². The van der Waals surface area contributed by atoms with Crippen LogP contribution in [0, 0.1) is 5.41 Å². The minimum Gasteiger partial charge on any atom is -0.480 e. The van der Waals surface area contributed by atoms with Gasteiger partial charge in [0.15, 0.2) is 0 Å². The maximum Gasteiger partial charge on any atom is 0.326 e. The van der Waals surface area contributed by atoms with Crippen LogP contribution in [0.3, 0.4) is 0 Å². The minimum absolute atomic E-state index is 0.00745. The average Bonchev–Trinajstić information content (AvgIpc) is 2.94. The van der Waals surface area contributed by atoms with Crippen molar-refractivity contribution in [1.29, 1.82) is 0 Å². The van der Waals surface area contributed by atoms with Crippen molar-refractivity contribution in [3.63, 3.8) is 0 Å². The Hall–Kier alpha value is -1.10. The van der Waals surface area contributed by atoms with Crippen LogP contribution in [0.1, 0.15) is 39.0 Å². The Bertz CT molecular complexity index is 349. The van der Waals surface area contributed by atoms with E-state index in [2.05, 4.69) is 0 Å². The van der Waals surface area contributed by atoms with E-state index in [1.54, 1.807) is 7.11 Å². The van der Waals surface area contributed by atoms with Crippen LogP contribution in [0.15, 0.2) is 0 Å². The number of ether oxygens (including phenoxy) is 1.